The minimum absolute atomic E-state index is 0.662. The van der Waals surface area contributed by atoms with Crippen molar-refractivity contribution >= 4 is 23.1 Å². The molecule has 1 aromatic heterocycles. The fourth-order valence-electron chi connectivity index (χ4n) is 3.08. The first-order valence-electron chi connectivity index (χ1n) is 9.39. The molecular formula is C21H26N4O2. The highest BCUT2D eigenvalue weighted by molar-refractivity contribution is 5.94. The van der Waals surface area contributed by atoms with Crippen LogP contribution < -0.4 is 10.1 Å². The van der Waals surface area contributed by atoms with Crippen LogP contribution in [0.25, 0.3) is 22.4 Å². The van der Waals surface area contributed by atoms with Crippen molar-refractivity contribution in [3.8, 4) is 17.1 Å². The molecule has 6 heteroatoms. The highest BCUT2D eigenvalue weighted by Gasteiger charge is 2.09. The van der Waals surface area contributed by atoms with E-state index in [0.29, 0.717) is 18.7 Å². The standard InChI is InChI=1S/C21H26N4O2/c1-3-25(4-2)13-6-14-27-17-11-9-16(10-12-17)21-23-19-8-5-7-18(22-15-26)20(19)24-21/h5,7-12,15H,3-4,6,13-14H2,1-2H3,(H,22,26)(H,23,24). The Morgan fingerprint density at radius 1 is 1.15 bits per heavy atom. The summed E-state index contributed by atoms with van der Waals surface area (Å²) in [5.74, 6) is 1.62. The Labute approximate surface area is 159 Å². The zero-order chi connectivity index (χ0) is 19.1. The molecule has 1 amide bonds. The summed E-state index contributed by atoms with van der Waals surface area (Å²) in [4.78, 5) is 21.1. The first-order valence-corrected chi connectivity index (χ1v) is 9.39. The molecule has 0 radical (unpaired) electrons. The Hall–Kier alpha value is -2.86. The van der Waals surface area contributed by atoms with E-state index in [-0.39, 0.29) is 0 Å². The predicted octanol–water partition coefficient (Wildman–Crippen LogP) is 3.91. The molecular weight excluding hydrogens is 340 g/mol. The molecule has 0 saturated carbocycles. The number of carbonyl (C=O) groups is 1. The summed E-state index contributed by atoms with van der Waals surface area (Å²) < 4.78 is 5.84. The number of nitrogens with zero attached hydrogens (tertiary/aromatic N) is 2. The molecule has 0 saturated heterocycles. The zero-order valence-corrected chi connectivity index (χ0v) is 15.9. The van der Waals surface area contributed by atoms with Gasteiger partial charge in [0.15, 0.2) is 0 Å². The van der Waals surface area contributed by atoms with Crippen LogP contribution >= 0.6 is 0 Å². The summed E-state index contributed by atoms with van der Waals surface area (Å²) in [6, 6.07) is 13.6. The molecule has 27 heavy (non-hydrogen) atoms. The maximum atomic E-state index is 10.7. The van der Waals surface area contributed by atoms with Gasteiger partial charge >= 0.3 is 0 Å². The Balaban J connectivity index is 1.64. The fourth-order valence-corrected chi connectivity index (χ4v) is 3.08. The average molecular weight is 366 g/mol. The minimum atomic E-state index is 0.662. The van der Waals surface area contributed by atoms with Crippen LogP contribution in [0.15, 0.2) is 42.5 Å². The van der Waals surface area contributed by atoms with E-state index in [9.17, 15) is 4.79 Å². The van der Waals surface area contributed by atoms with Crippen LogP contribution in [0.1, 0.15) is 20.3 Å². The highest BCUT2D eigenvalue weighted by atomic mass is 16.5. The number of nitrogens with one attached hydrogen (secondary N) is 2. The number of para-hydroxylation sites is 1. The van der Waals surface area contributed by atoms with Crippen molar-refractivity contribution < 1.29 is 9.53 Å². The van der Waals surface area contributed by atoms with E-state index >= 15 is 0 Å². The number of benzene rings is 2. The number of aromatic amines is 1. The Kier molecular flexibility index (Phi) is 6.44. The Morgan fingerprint density at radius 3 is 2.63 bits per heavy atom. The first kappa shape index (κ1) is 18.9. The number of fused-ring (bicyclic) bond motifs is 1. The molecule has 0 aliphatic rings. The molecule has 0 atom stereocenters. The lowest BCUT2D eigenvalue weighted by atomic mass is 10.2. The molecule has 0 aliphatic carbocycles. The molecule has 0 unspecified atom stereocenters. The number of carbonyl (C=O) groups excluding carboxylic acids is 1. The van der Waals surface area contributed by atoms with Crippen LogP contribution in [0.2, 0.25) is 0 Å². The van der Waals surface area contributed by atoms with Crippen molar-refractivity contribution in [2.45, 2.75) is 20.3 Å². The summed E-state index contributed by atoms with van der Waals surface area (Å²) in [5.41, 5.74) is 3.29. The second kappa shape index (κ2) is 9.19. The topological polar surface area (TPSA) is 70.2 Å². The van der Waals surface area contributed by atoms with E-state index in [1.807, 2.05) is 42.5 Å². The third kappa shape index (κ3) is 4.65. The van der Waals surface area contributed by atoms with Gasteiger partial charge in [0.1, 0.15) is 17.1 Å². The van der Waals surface area contributed by atoms with Gasteiger partial charge in [0.05, 0.1) is 17.8 Å². The number of rotatable bonds is 10. The lowest BCUT2D eigenvalue weighted by molar-refractivity contribution is -0.105. The fraction of sp³-hybridized carbons (Fsp3) is 0.333. The van der Waals surface area contributed by atoms with Gasteiger partial charge in [-0.15, -0.1) is 0 Å². The summed E-state index contributed by atoms with van der Waals surface area (Å²) in [7, 11) is 0. The van der Waals surface area contributed by atoms with E-state index in [1.165, 1.54) is 0 Å². The van der Waals surface area contributed by atoms with Gasteiger partial charge in [0.2, 0.25) is 6.41 Å². The van der Waals surface area contributed by atoms with Gasteiger partial charge in [-0.25, -0.2) is 4.98 Å². The maximum absolute atomic E-state index is 10.7. The molecule has 6 nitrogen and oxygen atoms in total. The van der Waals surface area contributed by atoms with Gasteiger partial charge in [0, 0.05) is 12.1 Å². The molecule has 1 heterocycles. The quantitative estimate of drug-likeness (QED) is 0.422. The summed E-state index contributed by atoms with van der Waals surface area (Å²) in [6.45, 7) is 8.28. The lowest BCUT2D eigenvalue weighted by Crippen LogP contribution is -2.25. The Bertz CT molecular complexity index is 870. The van der Waals surface area contributed by atoms with Gasteiger partial charge in [-0.3, -0.25) is 4.79 Å². The summed E-state index contributed by atoms with van der Waals surface area (Å²) in [5, 5.41) is 2.68. The SMILES string of the molecule is CCN(CC)CCCOc1ccc(-c2nc3c(NC=O)cccc3[nH]2)cc1. The van der Waals surface area contributed by atoms with Gasteiger partial charge in [-0.2, -0.15) is 0 Å². The van der Waals surface area contributed by atoms with Gasteiger partial charge in [-0.1, -0.05) is 19.9 Å². The molecule has 3 rings (SSSR count). The summed E-state index contributed by atoms with van der Waals surface area (Å²) >= 11 is 0. The summed E-state index contributed by atoms with van der Waals surface area (Å²) in [6.07, 6.45) is 1.68. The monoisotopic (exact) mass is 366 g/mol. The number of H-pyrrole nitrogens is 1. The molecule has 0 bridgehead atoms. The van der Waals surface area contributed by atoms with Crippen molar-refractivity contribution in [1.82, 2.24) is 14.9 Å². The van der Waals surface area contributed by atoms with Crippen LogP contribution in [0.3, 0.4) is 0 Å². The molecule has 3 aromatic rings. The number of hydrogen-bond donors (Lipinski definition) is 2. The van der Waals surface area contributed by atoms with E-state index in [0.717, 1.165) is 54.2 Å². The molecule has 2 aromatic carbocycles. The third-order valence-electron chi connectivity index (χ3n) is 4.64. The van der Waals surface area contributed by atoms with E-state index in [1.54, 1.807) is 0 Å². The van der Waals surface area contributed by atoms with Crippen LogP contribution in [-0.2, 0) is 4.79 Å². The molecule has 0 fully saturated rings. The predicted molar refractivity (Wildman–Crippen MR) is 109 cm³/mol. The largest absolute Gasteiger partial charge is 0.494 e. The van der Waals surface area contributed by atoms with Crippen LogP contribution in [0.4, 0.5) is 5.69 Å². The molecule has 0 spiro atoms. The van der Waals surface area contributed by atoms with Crippen molar-refractivity contribution in [2.24, 2.45) is 0 Å². The minimum Gasteiger partial charge on any atom is -0.494 e. The van der Waals surface area contributed by atoms with Crippen molar-refractivity contribution in [3.05, 3.63) is 42.5 Å². The molecule has 0 aliphatic heterocycles. The van der Waals surface area contributed by atoms with Crippen LogP contribution in [-0.4, -0.2) is 47.5 Å². The van der Waals surface area contributed by atoms with Crippen molar-refractivity contribution in [1.29, 1.82) is 0 Å². The number of anilines is 1. The zero-order valence-electron chi connectivity index (χ0n) is 15.9. The van der Waals surface area contributed by atoms with E-state index < -0.39 is 0 Å². The third-order valence-corrected chi connectivity index (χ3v) is 4.64. The number of imidazole rings is 1. The van der Waals surface area contributed by atoms with Gasteiger partial charge < -0.3 is 19.9 Å². The maximum Gasteiger partial charge on any atom is 0.211 e. The lowest BCUT2D eigenvalue weighted by Gasteiger charge is -2.17. The van der Waals surface area contributed by atoms with Gasteiger partial charge in [-0.05, 0) is 55.9 Å². The van der Waals surface area contributed by atoms with Crippen molar-refractivity contribution in [2.75, 3.05) is 31.6 Å². The van der Waals surface area contributed by atoms with E-state index in [2.05, 4.69) is 34.0 Å². The van der Waals surface area contributed by atoms with E-state index in [4.69, 9.17) is 4.74 Å². The normalized spacial score (nSPS) is 11.1. The average Bonchev–Trinajstić information content (AvgIpc) is 3.14. The second-order valence-corrected chi connectivity index (χ2v) is 6.30. The van der Waals surface area contributed by atoms with Crippen molar-refractivity contribution in [3.63, 3.8) is 0 Å². The molecule has 142 valence electrons. The molecule has 2 N–H and O–H groups in total. The van der Waals surface area contributed by atoms with Gasteiger partial charge in [0.25, 0.3) is 0 Å². The Morgan fingerprint density at radius 2 is 1.93 bits per heavy atom. The number of aromatic nitrogens is 2. The smallest absolute Gasteiger partial charge is 0.211 e. The number of ether oxygens (including phenoxy) is 1. The van der Waals surface area contributed by atoms with Crippen LogP contribution in [0.5, 0.6) is 5.75 Å². The van der Waals surface area contributed by atoms with Crippen LogP contribution in [0, 0.1) is 0 Å². The highest BCUT2D eigenvalue weighted by Crippen LogP contribution is 2.26. The second-order valence-electron chi connectivity index (χ2n) is 6.30. The number of amides is 1. The first-order chi connectivity index (χ1) is 13.2. The number of hydrogen-bond acceptors (Lipinski definition) is 4.